The largest absolute Gasteiger partial charge is 0.481 e. The molecule has 2 amide bonds. The van der Waals surface area contributed by atoms with Crippen LogP contribution in [0, 0.1) is 0 Å². The summed E-state index contributed by atoms with van der Waals surface area (Å²) in [7, 11) is 1.55. The Morgan fingerprint density at radius 1 is 1.35 bits per heavy atom. The maximum absolute atomic E-state index is 11.7. The van der Waals surface area contributed by atoms with Crippen molar-refractivity contribution in [1.82, 2.24) is 10.2 Å². The molecule has 0 unspecified atom stereocenters. The van der Waals surface area contributed by atoms with Gasteiger partial charge in [-0.25, -0.2) is 4.79 Å². The predicted molar refractivity (Wildman–Crippen MR) is 78.4 cm³/mol. The van der Waals surface area contributed by atoms with Gasteiger partial charge in [-0.2, -0.15) is 0 Å². The number of urea groups is 1. The van der Waals surface area contributed by atoms with E-state index < -0.39 is 5.97 Å². The van der Waals surface area contributed by atoms with Gasteiger partial charge in [0.1, 0.15) is 0 Å². The number of amides is 2. The molecule has 0 saturated carbocycles. The first-order chi connectivity index (χ1) is 9.41. The number of aliphatic carboxylic acids is 1. The van der Waals surface area contributed by atoms with Gasteiger partial charge in [0.25, 0.3) is 0 Å². The summed E-state index contributed by atoms with van der Waals surface area (Å²) in [5.41, 5.74) is 0.854. The minimum absolute atomic E-state index is 0.0793. The second-order valence-electron chi connectivity index (χ2n) is 4.26. The lowest BCUT2D eigenvalue weighted by atomic mass is 10.1. The highest BCUT2D eigenvalue weighted by atomic mass is 35.5. The lowest BCUT2D eigenvalue weighted by molar-refractivity contribution is -0.137. The third kappa shape index (κ3) is 5.27. The first kappa shape index (κ1) is 16.6. The van der Waals surface area contributed by atoms with Crippen molar-refractivity contribution in [2.24, 2.45) is 0 Å². The first-order valence-electron chi connectivity index (χ1n) is 6.05. The molecule has 0 aliphatic carbocycles. The zero-order valence-corrected chi connectivity index (χ0v) is 12.5. The average molecular weight is 319 g/mol. The van der Waals surface area contributed by atoms with Gasteiger partial charge in [0.15, 0.2) is 0 Å². The van der Waals surface area contributed by atoms with Gasteiger partial charge in [0.05, 0.1) is 16.5 Å². The number of halogens is 2. The molecule has 20 heavy (non-hydrogen) atoms. The third-order valence-corrected chi connectivity index (χ3v) is 3.57. The number of rotatable bonds is 6. The molecule has 0 heterocycles. The highest BCUT2D eigenvalue weighted by Gasteiger charge is 2.10. The number of hydrogen-bond donors (Lipinski definition) is 2. The lowest BCUT2D eigenvalue weighted by Crippen LogP contribution is -2.39. The van der Waals surface area contributed by atoms with Crippen LogP contribution in [-0.4, -0.2) is 42.1 Å². The summed E-state index contributed by atoms with van der Waals surface area (Å²) in [6, 6.07) is 5.02. The molecule has 0 spiro atoms. The van der Waals surface area contributed by atoms with Crippen LogP contribution in [0.15, 0.2) is 18.2 Å². The fraction of sp³-hybridized carbons (Fsp3) is 0.385. The summed E-state index contributed by atoms with van der Waals surface area (Å²) >= 11 is 11.9. The minimum Gasteiger partial charge on any atom is -0.481 e. The van der Waals surface area contributed by atoms with Crippen LogP contribution in [0.3, 0.4) is 0 Å². The van der Waals surface area contributed by atoms with Gasteiger partial charge >= 0.3 is 12.0 Å². The maximum Gasteiger partial charge on any atom is 0.317 e. The van der Waals surface area contributed by atoms with E-state index >= 15 is 0 Å². The van der Waals surface area contributed by atoms with Gasteiger partial charge in [0, 0.05) is 20.1 Å². The van der Waals surface area contributed by atoms with E-state index in [2.05, 4.69) is 5.32 Å². The van der Waals surface area contributed by atoms with Crippen molar-refractivity contribution in [1.29, 1.82) is 0 Å². The molecule has 5 nitrogen and oxygen atoms in total. The zero-order chi connectivity index (χ0) is 15.1. The van der Waals surface area contributed by atoms with Gasteiger partial charge in [-0.3, -0.25) is 4.79 Å². The van der Waals surface area contributed by atoms with E-state index in [4.69, 9.17) is 28.3 Å². The van der Waals surface area contributed by atoms with Crippen LogP contribution >= 0.6 is 23.2 Å². The van der Waals surface area contributed by atoms with Crippen molar-refractivity contribution >= 4 is 35.2 Å². The molecule has 0 aromatic heterocycles. The van der Waals surface area contributed by atoms with E-state index in [1.54, 1.807) is 19.2 Å². The Balaban J connectivity index is 2.38. The molecule has 0 radical (unpaired) electrons. The summed E-state index contributed by atoms with van der Waals surface area (Å²) in [5, 5.41) is 12.2. The molecule has 0 atom stereocenters. The van der Waals surface area contributed by atoms with Crippen LogP contribution in [0.1, 0.15) is 12.0 Å². The Labute approximate surface area is 127 Å². The molecule has 0 fully saturated rings. The smallest absolute Gasteiger partial charge is 0.317 e. The number of nitrogens with zero attached hydrogens (tertiary/aromatic N) is 1. The van der Waals surface area contributed by atoms with Crippen molar-refractivity contribution in [3.63, 3.8) is 0 Å². The SMILES string of the molecule is CN(CCC(=O)O)C(=O)NCCc1cccc(Cl)c1Cl. The number of carboxylic acids is 1. The van der Waals surface area contributed by atoms with Crippen molar-refractivity contribution in [2.45, 2.75) is 12.8 Å². The molecule has 2 N–H and O–H groups in total. The van der Waals surface area contributed by atoms with Crippen LogP contribution in [0.25, 0.3) is 0 Å². The van der Waals surface area contributed by atoms with Crippen molar-refractivity contribution in [3.8, 4) is 0 Å². The number of carbonyl (C=O) groups excluding carboxylic acids is 1. The van der Waals surface area contributed by atoms with Gasteiger partial charge in [-0.05, 0) is 18.1 Å². The maximum atomic E-state index is 11.7. The van der Waals surface area contributed by atoms with Gasteiger partial charge in [-0.15, -0.1) is 0 Å². The molecular weight excluding hydrogens is 303 g/mol. The molecular formula is C13H16Cl2N2O3. The summed E-state index contributed by atoms with van der Waals surface area (Å²) in [5.74, 6) is -0.935. The zero-order valence-electron chi connectivity index (χ0n) is 11.0. The van der Waals surface area contributed by atoms with E-state index in [0.29, 0.717) is 23.0 Å². The second kappa shape index (κ2) is 7.97. The van der Waals surface area contributed by atoms with E-state index in [-0.39, 0.29) is 19.0 Å². The summed E-state index contributed by atoms with van der Waals surface area (Å²) in [6.07, 6.45) is 0.474. The van der Waals surface area contributed by atoms with Gasteiger partial charge in [-0.1, -0.05) is 35.3 Å². The van der Waals surface area contributed by atoms with Crippen molar-refractivity contribution < 1.29 is 14.7 Å². The van der Waals surface area contributed by atoms with E-state index in [9.17, 15) is 9.59 Å². The molecule has 0 aliphatic heterocycles. The molecule has 0 saturated heterocycles. The predicted octanol–water partition coefficient (Wildman–Crippen LogP) is 2.65. The molecule has 1 aromatic rings. The number of benzene rings is 1. The van der Waals surface area contributed by atoms with Crippen LogP contribution in [0.2, 0.25) is 10.0 Å². The topological polar surface area (TPSA) is 69.6 Å². The number of carboxylic acid groups (broad SMARTS) is 1. The summed E-state index contributed by atoms with van der Waals surface area (Å²) in [6.45, 7) is 0.565. The fourth-order valence-corrected chi connectivity index (χ4v) is 1.96. The fourth-order valence-electron chi connectivity index (χ4n) is 1.55. The molecule has 7 heteroatoms. The monoisotopic (exact) mass is 318 g/mol. The van der Waals surface area contributed by atoms with Gasteiger partial charge in [0.2, 0.25) is 0 Å². The Hall–Kier alpha value is -1.46. The summed E-state index contributed by atoms with van der Waals surface area (Å²) in [4.78, 5) is 23.4. The number of carbonyl (C=O) groups is 2. The van der Waals surface area contributed by atoms with Crippen molar-refractivity contribution in [2.75, 3.05) is 20.1 Å². The molecule has 110 valence electrons. The molecule has 1 aromatic carbocycles. The number of hydrogen-bond acceptors (Lipinski definition) is 2. The van der Waals surface area contributed by atoms with E-state index in [1.165, 1.54) is 4.90 Å². The van der Waals surface area contributed by atoms with Crippen LogP contribution < -0.4 is 5.32 Å². The van der Waals surface area contributed by atoms with Crippen LogP contribution in [-0.2, 0) is 11.2 Å². The second-order valence-corrected chi connectivity index (χ2v) is 5.05. The highest BCUT2D eigenvalue weighted by molar-refractivity contribution is 6.42. The molecule has 1 rings (SSSR count). The van der Waals surface area contributed by atoms with Crippen LogP contribution in [0.4, 0.5) is 4.79 Å². The van der Waals surface area contributed by atoms with Crippen LogP contribution in [0.5, 0.6) is 0 Å². The normalized spacial score (nSPS) is 10.2. The Kier molecular flexibility index (Phi) is 6.61. The standard InChI is InChI=1S/C13H16Cl2N2O3/c1-17(8-6-11(18)19)13(20)16-7-5-9-3-2-4-10(14)12(9)15/h2-4H,5-8H2,1H3,(H,16,20)(H,18,19). The molecule has 0 bridgehead atoms. The van der Waals surface area contributed by atoms with Gasteiger partial charge < -0.3 is 15.3 Å². The number of nitrogens with one attached hydrogen (secondary N) is 1. The highest BCUT2D eigenvalue weighted by Crippen LogP contribution is 2.25. The quantitative estimate of drug-likeness (QED) is 0.847. The molecule has 0 aliphatic rings. The Morgan fingerprint density at radius 2 is 2.05 bits per heavy atom. The Morgan fingerprint density at radius 3 is 2.70 bits per heavy atom. The lowest BCUT2D eigenvalue weighted by Gasteiger charge is -2.17. The minimum atomic E-state index is -0.935. The Bertz CT molecular complexity index is 495. The van der Waals surface area contributed by atoms with E-state index in [0.717, 1.165) is 5.56 Å². The third-order valence-electron chi connectivity index (χ3n) is 2.71. The van der Waals surface area contributed by atoms with E-state index in [1.807, 2.05) is 6.07 Å². The first-order valence-corrected chi connectivity index (χ1v) is 6.81. The van der Waals surface area contributed by atoms with Crippen molar-refractivity contribution in [3.05, 3.63) is 33.8 Å². The summed E-state index contributed by atoms with van der Waals surface area (Å²) < 4.78 is 0. The average Bonchev–Trinajstić information content (AvgIpc) is 2.40.